The Hall–Kier alpha value is -1.48. The minimum Gasteiger partial charge on any atom is -0.477 e. The quantitative estimate of drug-likeness (QED) is 0.377. The van der Waals surface area contributed by atoms with E-state index in [0.717, 1.165) is 14.1 Å². The third kappa shape index (κ3) is 4.99. The molecule has 0 aromatic carbocycles. The van der Waals surface area contributed by atoms with Crippen molar-refractivity contribution in [2.24, 2.45) is 0 Å². The monoisotopic (exact) mass is 464 g/mol. The largest absolute Gasteiger partial charge is 0.477 e. The number of carbonyl (C=O) groups is 1. The lowest BCUT2D eigenvalue weighted by molar-refractivity contribution is -0.883. The van der Waals surface area contributed by atoms with Crippen LogP contribution in [0, 0.1) is 0 Å². The van der Waals surface area contributed by atoms with E-state index in [4.69, 9.17) is 5.11 Å². The standard InChI is InChI=1S/C13H14F13NO2/c1-27(2,6-7(28)29)5-3-4-8(14,15)9(16,17)10(18,19)11(20,21)12(22,23)13(24,25)26/h3-6H2,1-2H3/p+1. The molecular formula is C13H15F13NO2+. The van der Waals surface area contributed by atoms with Gasteiger partial charge in [0, 0.05) is 12.8 Å². The number of carboxylic acids is 1. The number of likely N-dealkylation sites (N-methyl/N-ethyl adjacent to an activating group) is 1. The summed E-state index contributed by atoms with van der Waals surface area (Å²) in [6.45, 7) is -1.42. The summed E-state index contributed by atoms with van der Waals surface area (Å²) in [5.41, 5.74) is 0. The molecule has 0 saturated heterocycles. The highest BCUT2D eigenvalue weighted by molar-refractivity contribution is 5.67. The van der Waals surface area contributed by atoms with E-state index >= 15 is 0 Å². The van der Waals surface area contributed by atoms with E-state index in [-0.39, 0.29) is 0 Å². The second-order valence-electron chi connectivity index (χ2n) is 6.81. The number of quaternary nitrogens is 1. The minimum absolute atomic E-state index is 0.643. The number of carboxylic acid groups (broad SMARTS) is 1. The first-order valence-electron chi connectivity index (χ1n) is 7.37. The van der Waals surface area contributed by atoms with Crippen molar-refractivity contribution in [2.45, 2.75) is 48.6 Å². The van der Waals surface area contributed by atoms with Crippen LogP contribution in [0.1, 0.15) is 12.8 Å². The van der Waals surface area contributed by atoms with Gasteiger partial charge in [-0.05, 0) is 0 Å². The third-order valence-corrected chi connectivity index (χ3v) is 3.82. The van der Waals surface area contributed by atoms with Crippen molar-refractivity contribution in [3.05, 3.63) is 0 Å². The lowest BCUT2D eigenvalue weighted by atomic mass is 9.92. The Bertz CT molecular complexity index is 598. The molecule has 0 rings (SSSR count). The van der Waals surface area contributed by atoms with Crippen LogP contribution < -0.4 is 0 Å². The van der Waals surface area contributed by atoms with Crippen molar-refractivity contribution in [3.8, 4) is 0 Å². The minimum atomic E-state index is -7.91. The fraction of sp³-hybridized carbons (Fsp3) is 0.923. The van der Waals surface area contributed by atoms with Gasteiger partial charge in [0.15, 0.2) is 6.54 Å². The van der Waals surface area contributed by atoms with Gasteiger partial charge >= 0.3 is 41.8 Å². The molecule has 0 spiro atoms. The first-order valence-corrected chi connectivity index (χ1v) is 7.37. The topological polar surface area (TPSA) is 37.3 Å². The summed E-state index contributed by atoms with van der Waals surface area (Å²) in [6, 6.07) is 0. The maximum atomic E-state index is 13.5. The van der Waals surface area contributed by atoms with E-state index in [0.29, 0.717) is 0 Å². The zero-order valence-electron chi connectivity index (χ0n) is 14.5. The van der Waals surface area contributed by atoms with Crippen LogP contribution in [0.3, 0.4) is 0 Å². The summed E-state index contributed by atoms with van der Waals surface area (Å²) in [5, 5.41) is 8.55. The molecule has 0 aliphatic heterocycles. The number of halogens is 13. The van der Waals surface area contributed by atoms with Crippen LogP contribution in [0.25, 0.3) is 0 Å². The molecule has 29 heavy (non-hydrogen) atoms. The molecule has 1 N–H and O–H groups in total. The SMILES string of the molecule is C[N+](C)(CCCC(F)(F)C(F)(F)C(F)(F)C(F)(F)C(F)(F)C(F)(F)F)CC(=O)O. The predicted molar refractivity (Wildman–Crippen MR) is 69.5 cm³/mol. The van der Waals surface area contributed by atoms with Crippen LogP contribution in [-0.4, -0.2) is 78.5 Å². The first kappa shape index (κ1) is 27.5. The van der Waals surface area contributed by atoms with Gasteiger partial charge in [-0.25, -0.2) is 4.79 Å². The highest BCUT2D eigenvalue weighted by atomic mass is 19.4. The van der Waals surface area contributed by atoms with E-state index in [9.17, 15) is 61.9 Å². The number of hydrogen-bond acceptors (Lipinski definition) is 1. The molecule has 0 heterocycles. The smallest absolute Gasteiger partial charge is 0.460 e. The molecule has 0 radical (unpaired) electrons. The van der Waals surface area contributed by atoms with Gasteiger partial charge in [-0.3, -0.25) is 0 Å². The van der Waals surface area contributed by atoms with Crippen molar-refractivity contribution >= 4 is 5.97 Å². The lowest BCUT2D eigenvalue weighted by Crippen LogP contribution is -2.70. The maximum Gasteiger partial charge on any atom is 0.460 e. The second kappa shape index (κ2) is 7.65. The lowest BCUT2D eigenvalue weighted by Gasteiger charge is -2.40. The van der Waals surface area contributed by atoms with Crippen molar-refractivity contribution in [3.63, 3.8) is 0 Å². The molecule has 0 aliphatic rings. The van der Waals surface area contributed by atoms with Crippen LogP contribution in [0.5, 0.6) is 0 Å². The van der Waals surface area contributed by atoms with Gasteiger partial charge in [0.2, 0.25) is 0 Å². The van der Waals surface area contributed by atoms with E-state index in [1.165, 1.54) is 0 Å². The number of aliphatic carboxylic acids is 1. The summed E-state index contributed by atoms with van der Waals surface area (Å²) < 4.78 is 167. The van der Waals surface area contributed by atoms with E-state index in [1.807, 2.05) is 0 Å². The van der Waals surface area contributed by atoms with Crippen LogP contribution in [-0.2, 0) is 4.79 Å². The summed E-state index contributed by atoms with van der Waals surface area (Å²) in [7, 11) is 2.19. The van der Waals surface area contributed by atoms with Gasteiger partial charge in [0.1, 0.15) is 0 Å². The third-order valence-electron chi connectivity index (χ3n) is 3.82. The molecule has 0 aromatic rings. The van der Waals surface area contributed by atoms with Crippen molar-refractivity contribution in [1.82, 2.24) is 0 Å². The fourth-order valence-corrected chi connectivity index (χ4v) is 2.13. The van der Waals surface area contributed by atoms with Gasteiger partial charge < -0.3 is 9.59 Å². The van der Waals surface area contributed by atoms with E-state index in [2.05, 4.69) is 0 Å². The zero-order valence-corrected chi connectivity index (χ0v) is 14.5. The fourth-order valence-electron chi connectivity index (χ4n) is 2.13. The summed E-state index contributed by atoms with van der Waals surface area (Å²) >= 11 is 0. The van der Waals surface area contributed by atoms with Gasteiger partial charge in [0.25, 0.3) is 0 Å². The average molecular weight is 464 g/mol. The summed E-state index contributed by atoms with van der Waals surface area (Å²) in [6.07, 6.45) is -11.0. The molecule has 0 aliphatic carbocycles. The number of alkyl halides is 13. The molecule has 0 saturated carbocycles. The highest BCUT2D eigenvalue weighted by Gasteiger charge is 2.90. The Labute approximate surface area is 154 Å². The Kier molecular flexibility index (Phi) is 7.26. The average Bonchev–Trinajstić information content (AvgIpc) is 2.42. The molecule has 3 nitrogen and oxygen atoms in total. The Balaban J connectivity index is 5.74. The van der Waals surface area contributed by atoms with Gasteiger partial charge in [-0.2, -0.15) is 57.1 Å². The van der Waals surface area contributed by atoms with E-state index in [1.54, 1.807) is 0 Å². The number of nitrogens with zero attached hydrogens (tertiary/aromatic N) is 1. The molecule has 0 atom stereocenters. The molecular weight excluding hydrogens is 449 g/mol. The maximum absolute atomic E-state index is 13.5. The molecule has 0 aromatic heterocycles. The van der Waals surface area contributed by atoms with Crippen molar-refractivity contribution in [2.75, 3.05) is 27.2 Å². The molecule has 0 amide bonds. The molecule has 0 unspecified atom stereocenters. The van der Waals surface area contributed by atoms with Crippen LogP contribution >= 0.6 is 0 Å². The second-order valence-corrected chi connectivity index (χ2v) is 6.81. The van der Waals surface area contributed by atoms with Gasteiger partial charge in [0.05, 0.1) is 20.6 Å². The number of rotatable bonds is 10. The highest BCUT2D eigenvalue weighted by Crippen LogP contribution is 2.60. The van der Waals surface area contributed by atoms with Crippen LogP contribution in [0.4, 0.5) is 57.1 Å². The Morgan fingerprint density at radius 1 is 0.724 bits per heavy atom. The van der Waals surface area contributed by atoms with Crippen molar-refractivity contribution in [1.29, 1.82) is 0 Å². The molecule has 16 heteroatoms. The Morgan fingerprint density at radius 3 is 1.45 bits per heavy atom. The van der Waals surface area contributed by atoms with Crippen molar-refractivity contribution < 1.29 is 71.5 Å². The van der Waals surface area contributed by atoms with E-state index < -0.39 is 72.2 Å². The summed E-state index contributed by atoms with van der Waals surface area (Å²) in [5.74, 6) is -38.4. The van der Waals surface area contributed by atoms with Gasteiger partial charge in [-0.1, -0.05) is 0 Å². The van der Waals surface area contributed by atoms with Crippen LogP contribution in [0.2, 0.25) is 0 Å². The first-order chi connectivity index (χ1) is 12.4. The Morgan fingerprint density at radius 2 is 1.10 bits per heavy atom. The predicted octanol–water partition coefficient (Wildman–Crippen LogP) is 4.67. The van der Waals surface area contributed by atoms with Crippen LogP contribution in [0.15, 0.2) is 0 Å². The zero-order chi connectivity index (χ0) is 23.9. The molecule has 174 valence electrons. The molecule has 0 bridgehead atoms. The van der Waals surface area contributed by atoms with Gasteiger partial charge in [-0.15, -0.1) is 0 Å². The summed E-state index contributed by atoms with van der Waals surface area (Å²) in [4.78, 5) is 10.5. The normalized spacial score (nSPS) is 15.6. The molecule has 0 fully saturated rings. The number of hydrogen-bond donors (Lipinski definition) is 1.